The molecule has 0 fully saturated rings. The van der Waals surface area contributed by atoms with Gasteiger partial charge in [0.2, 0.25) is 5.75 Å². The quantitative estimate of drug-likeness (QED) is 0.672. The van der Waals surface area contributed by atoms with Gasteiger partial charge in [-0.1, -0.05) is 29.8 Å². The van der Waals surface area contributed by atoms with Crippen LogP contribution in [0.3, 0.4) is 0 Å². The van der Waals surface area contributed by atoms with Crippen molar-refractivity contribution in [2.45, 2.75) is 19.9 Å². The third-order valence-corrected chi connectivity index (χ3v) is 3.38. The summed E-state index contributed by atoms with van der Waals surface area (Å²) < 4.78 is 5.65. The van der Waals surface area contributed by atoms with Gasteiger partial charge in [-0.3, -0.25) is 10.1 Å². The normalized spacial score (nSPS) is 12.0. The van der Waals surface area contributed by atoms with Gasteiger partial charge in [0.05, 0.1) is 9.95 Å². The van der Waals surface area contributed by atoms with Crippen molar-refractivity contribution in [2.75, 3.05) is 0 Å². The van der Waals surface area contributed by atoms with Crippen LogP contribution in [0, 0.1) is 17.0 Å². The standard InChI is InChI=1S/C15H15ClN2O3/c1-9-4-3-5-13(18(19)20)15(9)21-14-7-6-11(10(2)17)8-12(14)16/h3-8,10H,17H2,1-2H3/t10-/m0/s1. The minimum Gasteiger partial charge on any atom is -0.448 e. The molecule has 0 bridgehead atoms. The zero-order valence-electron chi connectivity index (χ0n) is 11.7. The molecule has 5 nitrogen and oxygen atoms in total. The molecule has 0 aliphatic heterocycles. The van der Waals surface area contributed by atoms with Crippen LogP contribution >= 0.6 is 11.6 Å². The number of hydrogen-bond donors (Lipinski definition) is 1. The first kappa shape index (κ1) is 15.3. The molecule has 21 heavy (non-hydrogen) atoms. The number of ether oxygens (including phenoxy) is 1. The Morgan fingerprint density at radius 3 is 2.62 bits per heavy atom. The topological polar surface area (TPSA) is 78.4 Å². The van der Waals surface area contributed by atoms with E-state index in [0.29, 0.717) is 16.3 Å². The summed E-state index contributed by atoms with van der Waals surface area (Å²) in [5.74, 6) is 0.552. The molecule has 0 radical (unpaired) electrons. The Labute approximate surface area is 127 Å². The minimum atomic E-state index is -0.480. The van der Waals surface area contributed by atoms with Gasteiger partial charge in [0.1, 0.15) is 5.75 Å². The third-order valence-electron chi connectivity index (χ3n) is 3.08. The number of hydrogen-bond acceptors (Lipinski definition) is 4. The molecular formula is C15H15ClN2O3. The number of nitrogens with two attached hydrogens (primary N) is 1. The first-order chi connectivity index (χ1) is 9.90. The van der Waals surface area contributed by atoms with Gasteiger partial charge in [-0.25, -0.2) is 0 Å². The van der Waals surface area contributed by atoms with Crippen LogP contribution in [0.1, 0.15) is 24.1 Å². The summed E-state index contributed by atoms with van der Waals surface area (Å²) in [6.45, 7) is 3.59. The maximum Gasteiger partial charge on any atom is 0.311 e. The van der Waals surface area contributed by atoms with Crippen LogP contribution in [-0.2, 0) is 0 Å². The average Bonchev–Trinajstić information content (AvgIpc) is 2.42. The van der Waals surface area contributed by atoms with Crippen molar-refractivity contribution in [3.05, 3.63) is 62.7 Å². The van der Waals surface area contributed by atoms with E-state index in [1.165, 1.54) is 6.07 Å². The first-order valence-corrected chi connectivity index (χ1v) is 6.75. The van der Waals surface area contributed by atoms with E-state index >= 15 is 0 Å². The molecule has 0 spiro atoms. The number of rotatable bonds is 4. The number of nitro groups is 1. The molecule has 2 rings (SSSR count). The van der Waals surface area contributed by atoms with Crippen LogP contribution in [0.25, 0.3) is 0 Å². The molecule has 0 unspecified atom stereocenters. The highest BCUT2D eigenvalue weighted by atomic mass is 35.5. The molecule has 2 aromatic carbocycles. The molecule has 0 saturated heterocycles. The second-order valence-corrected chi connectivity index (χ2v) is 5.17. The number of aryl methyl sites for hydroxylation is 1. The maximum atomic E-state index is 11.1. The molecule has 1 atom stereocenters. The van der Waals surface area contributed by atoms with E-state index in [2.05, 4.69) is 0 Å². The highest BCUT2D eigenvalue weighted by molar-refractivity contribution is 6.32. The van der Waals surface area contributed by atoms with Crippen molar-refractivity contribution < 1.29 is 9.66 Å². The summed E-state index contributed by atoms with van der Waals surface area (Å²) in [5.41, 5.74) is 7.22. The van der Waals surface area contributed by atoms with E-state index in [0.717, 1.165) is 5.56 Å². The Morgan fingerprint density at radius 2 is 2.05 bits per heavy atom. The lowest BCUT2D eigenvalue weighted by atomic mass is 10.1. The van der Waals surface area contributed by atoms with Crippen molar-refractivity contribution in [1.82, 2.24) is 0 Å². The van der Waals surface area contributed by atoms with Crippen molar-refractivity contribution in [1.29, 1.82) is 0 Å². The van der Waals surface area contributed by atoms with E-state index in [1.807, 2.05) is 6.92 Å². The van der Waals surface area contributed by atoms with Gasteiger partial charge in [-0.15, -0.1) is 0 Å². The highest BCUT2D eigenvalue weighted by Crippen LogP contribution is 2.37. The highest BCUT2D eigenvalue weighted by Gasteiger charge is 2.19. The Balaban J connectivity index is 2.41. The predicted molar refractivity (Wildman–Crippen MR) is 82.0 cm³/mol. The van der Waals surface area contributed by atoms with Gasteiger partial charge < -0.3 is 10.5 Å². The third kappa shape index (κ3) is 3.32. The summed E-state index contributed by atoms with van der Waals surface area (Å²) in [6.07, 6.45) is 0. The summed E-state index contributed by atoms with van der Waals surface area (Å²) in [6, 6.07) is 9.75. The molecule has 2 N–H and O–H groups in total. The molecule has 0 amide bonds. The van der Waals surface area contributed by atoms with Gasteiger partial charge in [0.25, 0.3) is 0 Å². The number of para-hydroxylation sites is 1. The molecule has 6 heteroatoms. The first-order valence-electron chi connectivity index (χ1n) is 6.37. The number of nitro benzene ring substituents is 1. The van der Waals surface area contributed by atoms with E-state index in [4.69, 9.17) is 22.1 Å². The molecule has 0 saturated carbocycles. The molecular weight excluding hydrogens is 292 g/mol. The lowest BCUT2D eigenvalue weighted by Crippen LogP contribution is -2.04. The molecule has 0 aliphatic rings. The molecule has 110 valence electrons. The fourth-order valence-electron chi connectivity index (χ4n) is 1.91. The van der Waals surface area contributed by atoms with Gasteiger partial charge in [0.15, 0.2) is 0 Å². The Morgan fingerprint density at radius 1 is 1.33 bits per heavy atom. The average molecular weight is 307 g/mol. The number of halogens is 1. The van der Waals surface area contributed by atoms with Crippen LogP contribution in [0.5, 0.6) is 11.5 Å². The molecule has 2 aromatic rings. The largest absolute Gasteiger partial charge is 0.448 e. The second-order valence-electron chi connectivity index (χ2n) is 4.76. The molecule has 0 heterocycles. The van der Waals surface area contributed by atoms with Crippen LogP contribution < -0.4 is 10.5 Å². The summed E-state index contributed by atoms with van der Waals surface area (Å²) in [7, 11) is 0. The van der Waals surface area contributed by atoms with Gasteiger partial charge in [-0.2, -0.15) is 0 Å². The minimum absolute atomic E-state index is 0.0951. The molecule has 0 aromatic heterocycles. The van der Waals surface area contributed by atoms with Crippen LogP contribution in [-0.4, -0.2) is 4.92 Å². The van der Waals surface area contributed by atoms with E-state index in [-0.39, 0.29) is 17.5 Å². The maximum absolute atomic E-state index is 11.1. The summed E-state index contributed by atoms with van der Waals surface area (Å²) in [5, 5.41) is 11.4. The summed E-state index contributed by atoms with van der Waals surface area (Å²) >= 11 is 6.16. The van der Waals surface area contributed by atoms with Crippen LogP contribution in [0.4, 0.5) is 5.69 Å². The SMILES string of the molecule is Cc1cccc([N+](=O)[O-])c1Oc1ccc([C@H](C)N)cc1Cl. The zero-order chi connectivity index (χ0) is 15.6. The Kier molecular flexibility index (Phi) is 4.45. The van der Waals surface area contributed by atoms with Crippen LogP contribution in [0.15, 0.2) is 36.4 Å². The molecule has 0 aliphatic carbocycles. The van der Waals surface area contributed by atoms with Crippen molar-refractivity contribution in [3.63, 3.8) is 0 Å². The van der Waals surface area contributed by atoms with Gasteiger partial charge in [-0.05, 0) is 37.1 Å². The lowest BCUT2D eigenvalue weighted by molar-refractivity contribution is -0.385. The fraction of sp³-hybridized carbons (Fsp3) is 0.200. The Bertz CT molecular complexity index is 687. The van der Waals surface area contributed by atoms with E-state index in [1.54, 1.807) is 37.3 Å². The van der Waals surface area contributed by atoms with Crippen molar-refractivity contribution >= 4 is 17.3 Å². The van der Waals surface area contributed by atoms with E-state index in [9.17, 15) is 10.1 Å². The fourth-order valence-corrected chi connectivity index (χ4v) is 2.13. The van der Waals surface area contributed by atoms with Crippen molar-refractivity contribution in [3.8, 4) is 11.5 Å². The van der Waals surface area contributed by atoms with E-state index < -0.39 is 4.92 Å². The second kappa shape index (κ2) is 6.11. The summed E-state index contributed by atoms with van der Waals surface area (Å²) in [4.78, 5) is 10.6. The number of nitrogens with zero attached hydrogens (tertiary/aromatic N) is 1. The number of benzene rings is 2. The lowest BCUT2D eigenvalue weighted by Gasteiger charge is -2.12. The van der Waals surface area contributed by atoms with Gasteiger partial charge >= 0.3 is 5.69 Å². The monoisotopic (exact) mass is 306 g/mol. The van der Waals surface area contributed by atoms with Crippen molar-refractivity contribution in [2.24, 2.45) is 5.73 Å². The van der Waals surface area contributed by atoms with Crippen LogP contribution in [0.2, 0.25) is 5.02 Å². The smallest absolute Gasteiger partial charge is 0.311 e. The predicted octanol–water partition coefficient (Wildman–Crippen LogP) is 4.37. The zero-order valence-corrected chi connectivity index (χ0v) is 12.4. The van der Waals surface area contributed by atoms with Gasteiger partial charge in [0, 0.05) is 12.1 Å². The Hall–Kier alpha value is -2.11.